The van der Waals surface area contributed by atoms with Gasteiger partial charge in [-0.25, -0.2) is 9.67 Å². The molecule has 0 bridgehead atoms. The monoisotopic (exact) mass is 340 g/mol. The number of aliphatic imine (C=N–C) groups is 1. The number of hydrogen-bond acceptors (Lipinski definition) is 3. The molecule has 1 N–H and O–H groups in total. The first-order chi connectivity index (χ1) is 12.1. The molecule has 0 spiro atoms. The Hall–Kier alpha value is -2.37. The van der Waals surface area contributed by atoms with Crippen molar-refractivity contribution in [2.24, 2.45) is 16.8 Å². The third-order valence-corrected chi connectivity index (χ3v) is 4.63. The summed E-state index contributed by atoms with van der Waals surface area (Å²) in [6, 6.07) is 8.57. The van der Waals surface area contributed by atoms with Crippen LogP contribution in [-0.2, 0) is 13.1 Å². The maximum atomic E-state index is 4.49. The van der Waals surface area contributed by atoms with Crippen LogP contribution in [0.5, 0.6) is 0 Å². The van der Waals surface area contributed by atoms with Gasteiger partial charge < -0.3 is 10.2 Å². The number of guanidine groups is 1. The lowest BCUT2D eigenvalue weighted by Crippen LogP contribution is -2.48. The second-order valence-electron chi connectivity index (χ2n) is 7.16. The molecule has 1 aromatic heterocycles. The fourth-order valence-electron chi connectivity index (χ4n) is 3.69. The third kappa shape index (κ3) is 4.81. The Morgan fingerprint density at radius 2 is 2.00 bits per heavy atom. The largest absolute Gasteiger partial charge is 0.352 e. The molecule has 1 aromatic carbocycles. The third-order valence-electron chi connectivity index (χ3n) is 4.63. The van der Waals surface area contributed by atoms with Gasteiger partial charge in [-0.3, -0.25) is 4.99 Å². The van der Waals surface area contributed by atoms with Gasteiger partial charge in [0.1, 0.15) is 12.7 Å². The number of rotatable bonds is 4. The van der Waals surface area contributed by atoms with Crippen LogP contribution in [0.4, 0.5) is 0 Å². The Bertz CT molecular complexity index is 684. The Labute approximate surface area is 150 Å². The minimum absolute atomic E-state index is 0.716. The van der Waals surface area contributed by atoms with Crippen molar-refractivity contribution in [3.63, 3.8) is 0 Å². The van der Waals surface area contributed by atoms with Crippen LogP contribution < -0.4 is 5.32 Å². The lowest BCUT2D eigenvalue weighted by Gasteiger charge is -2.37. The van der Waals surface area contributed by atoms with E-state index in [1.54, 1.807) is 12.7 Å². The molecular formula is C19H28N6. The van der Waals surface area contributed by atoms with Crippen molar-refractivity contribution in [3.8, 4) is 0 Å². The predicted molar refractivity (Wildman–Crippen MR) is 100 cm³/mol. The van der Waals surface area contributed by atoms with Crippen molar-refractivity contribution in [3.05, 3.63) is 48.0 Å². The van der Waals surface area contributed by atoms with Crippen molar-refractivity contribution >= 4 is 5.96 Å². The van der Waals surface area contributed by atoms with E-state index in [0.717, 1.165) is 32.1 Å². The van der Waals surface area contributed by atoms with Crippen molar-refractivity contribution in [2.45, 2.75) is 33.4 Å². The van der Waals surface area contributed by atoms with Gasteiger partial charge in [0, 0.05) is 26.7 Å². The number of hydrogen-bond donors (Lipinski definition) is 1. The predicted octanol–water partition coefficient (Wildman–Crippen LogP) is 2.38. The lowest BCUT2D eigenvalue weighted by molar-refractivity contribution is 0.208. The van der Waals surface area contributed by atoms with Crippen LogP contribution in [0.2, 0.25) is 0 Å². The molecule has 6 heteroatoms. The van der Waals surface area contributed by atoms with Gasteiger partial charge in [-0.1, -0.05) is 38.1 Å². The second-order valence-corrected chi connectivity index (χ2v) is 7.16. The van der Waals surface area contributed by atoms with Gasteiger partial charge in [-0.05, 0) is 29.4 Å². The molecule has 0 aliphatic carbocycles. The summed E-state index contributed by atoms with van der Waals surface area (Å²) >= 11 is 0. The molecule has 1 fully saturated rings. The van der Waals surface area contributed by atoms with E-state index in [4.69, 9.17) is 0 Å². The van der Waals surface area contributed by atoms with Gasteiger partial charge in [0.2, 0.25) is 0 Å². The van der Waals surface area contributed by atoms with Crippen LogP contribution >= 0.6 is 0 Å². The molecule has 2 unspecified atom stereocenters. The zero-order chi connectivity index (χ0) is 17.6. The summed E-state index contributed by atoms with van der Waals surface area (Å²) in [5.41, 5.74) is 2.47. The maximum absolute atomic E-state index is 4.49. The minimum Gasteiger partial charge on any atom is -0.352 e. The highest BCUT2D eigenvalue weighted by Crippen LogP contribution is 2.21. The Balaban J connectivity index is 1.60. The molecule has 25 heavy (non-hydrogen) atoms. The summed E-state index contributed by atoms with van der Waals surface area (Å²) in [6.45, 7) is 8.32. The van der Waals surface area contributed by atoms with E-state index in [-0.39, 0.29) is 0 Å². The van der Waals surface area contributed by atoms with Gasteiger partial charge in [-0.2, -0.15) is 5.10 Å². The SMILES string of the molecule is CN=C(NCc1cccc(Cn2cncn2)c1)N1CC(C)CC(C)C1. The highest BCUT2D eigenvalue weighted by atomic mass is 15.3. The highest BCUT2D eigenvalue weighted by molar-refractivity contribution is 5.80. The van der Waals surface area contributed by atoms with E-state index >= 15 is 0 Å². The Kier molecular flexibility index (Phi) is 5.68. The first kappa shape index (κ1) is 17.5. The first-order valence-electron chi connectivity index (χ1n) is 9.00. The number of nitrogens with one attached hydrogen (secondary N) is 1. The summed E-state index contributed by atoms with van der Waals surface area (Å²) in [4.78, 5) is 10.9. The van der Waals surface area contributed by atoms with Crippen molar-refractivity contribution in [1.29, 1.82) is 0 Å². The fraction of sp³-hybridized carbons (Fsp3) is 0.526. The maximum Gasteiger partial charge on any atom is 0.193 e. The van der Waals surface area contributed by atoms with Crippen LogP contribution in [0.1, 0.15) is 31.4 Å². The highest BCUT2D eigenvalue weighted by Gasteiger charge is 2.23. The summed E-state index contributed by atoms with van der Waals surface area (Å²) in [7, 11) is 1.87. The fourth-order valence-corrected chi connectivity index (χ4v) is 3.69. The van der Waals surface area contributed by atoms with Crippen LogP contribution in [0.15, 0.2) is 41.9 Å². The topological polar surface area (TPSA) is 58.3 Å². The Morgan fingerprint density at radius 1 is 1.24 bits per heavy atom. The van der Waals surface area contributed by atoms with E-state index < -0.39 is 0 Å². The number of benzene rings is 1. The molecule has 0 amide bonds. The summed E-state index contributed by atoms with van der Waals surface area (Å²) in [5.74, 6) is 2.43. The van der Waals surface area contributed by atoms with Crippen LogP contribution in [0.25, 0.3) is 0 Å². The first-order valence-corrected chi connectivity index (χ1v) is 9.00. The van der Waals surface area contributed by atoms with Crippen LogP contribution in [0, 0.1) is 11.8 Å². The summed E-state index contributed by atoms with van der Waals surface area (Å²) in [6.07, 6.45) is 4.61. The molecule has 2 heterocycles. The standard InChI is InChI=1S/C19H28N6/c1-15-7-16(2)11-24(10-15)19(20-3)22-9-17-5-4-6-18(8-17)12-25-14-21-13-23-25/h4-6,8,13-16H,7,9-12H2,1-3H3,(H,20,22). The second kappa shape index (κ2) is 8.14. The molecule has 6 nitrogen and oxygen atoms in total. The number of likely N-dealkylation sites (tertiary alicyclic amines) is 1. The van der Waals surface area contributed by atoms with Gasteiger partial charge in [0.25, 0.3) is 0 Å². The zero-order valence-corrected chi connectivity index (χ0v) is 15.4. The van der Waals surface area contributed by atoms with Gasteiger partial charge >= 0.3 is 0 Å². The molecule has 3 rings (SSSR count). The van der Waals surface area contributed by atoms with Crippen molar-refractivity contribution < 1.29 is 0 Å². The molecule has 1 aliphatic rings. The molecule has 134 valence electrons. The normalized spacial score (nSPS) is 21.4. The molecule has 1 saturated heterocycles. The van der Waals surface area contributed by atoms with Crippen molar-refractivity contribution in [1.82, 2.24) is 25.0 Å². The van der Waals surface area contributed by atoms with E-state index in [1.807, 2.05) is 11.7 Å². The quantitative estimate of drug-likeness (QED) is 0.686. The smallest absolute Gasteiger partial charge is 0.193 e. The van der Waals surface area contributed by atoms with E-state index in [2.05, 4.69) is 63.4 Å². The average Bonchev–Trinajstić information content (AvgIpc) is 3.08. The zero-order valence-electron chi connectivity index (χ0n) is 15.4. The van der Waals surface area contributed by atoms with Gasteiger partial charge in [0.15, 0.2) is 5.96 Å². The molecular weight excluding hydrogens is 312 g/mol. The lowest BCUT2D eigenvalue weighted by atomic mass is 9.92. The van der Waals surface area contributed by atoms with E-state index in [9.17, 15) is 0 Å². The average molecular weight is 340 g/mol. The molecule has 0 radical (unpaired) electrons. The molecule has 1 aliphatic heterocycles. The van der Waals surface area contributed by atoms with Crippen LogP contribution in [0.3, 0.4) is 0 Å². The summed E-state index contributed by atoms with van der Waals surface area (Å²) in [5, 5.41) is 7.69. The number of piperidine rings is 1. The molecule has 2 atom stereocenters. The van der Waals surface area contributed by atoms with E-state index in [0.29, 0.717) is 11.8 Å². The number of aromatic nitrogens is 3. The molecule has 2 aromatic rings. The Morgan fingerprint density at radius 3 is 2.68 bits per heavy atom. The van der Waals surface area contributed by atoms with Gasteiger partial charge in [0.05, 0.1) is 6.54 Å². The van der Waals surface area contributed by atoms with Gasteiger partial charge in [-0.15, -0.1) is 0 Å². The number of nitrogens with zero attached hydrogens (tertiary/aromatic N) is 5. The van der Waals surface area contributed by atoms with E-state index in [1.165, 1.54) is 17.5 Å². The van der Waals surface area contributed by atoms with Crippen molar-refractivity contribution in [2.75, 3.05) is 20.1 Å². The summed E-state index contributed by atoms with van der Waals surface area (Å²) < 4.78 is 1.84. The minimum atomic E-state index is 0.716. The molecule has 0 saturated carbocycles. The van der Waals surface area contributed by atoms with Crippen LogP contribution in [-0.4, -0.2) is 45.8 Å².